The fourth-order valence-electron chi connectivity index (χ4n) is 2.21. The summed E-state index contributed by atoms with van der Waals surface area (Å²) in [5.41, 5.74) is 3.07. The molecule has 4 nitrogen and oxygen atoms in total. The van der Waals surface area contributed by atoms with Crippen LogP contribution in [0.4, 0.5) is 0 Å². The number of rotatable bonds is 6. The molecule has 0 aliphatic carbocycles. The molecular weight excluding hydrogens is 284 g/mol. The van der Waals surface area contributed by atoms with Gasteiger partial charge in [-0.2, -0.15) is 11.8 Å². The first-order valence-electron chi connectivity index (χ1n) is 6.91. The number of nitrogens with zero attached hydrogens (tertiary/aromatic N) is 1. The zero-order chi connectivity index (χ0) is 15.2. The average molecular weight is 304 g/mol. The molecule has 0 fully saturated rings. The van der Waals surface area contributed by atoms with Crippen LogP contribution >= 0.6 is 11.8 Å². The lowest BCUT2D eigenvalue weighted by Gasteiger charge is -2.13. The van der Waals surface area contributed by atoms with E-state index in [0.29, 0.717) is 13.0 Å². The number of aliphatic hydroxyl groups excluding tert-OH is 1. The van der Waals surface area contributed by atoms with Crippen LogP contribution in [0.1, 0.15) is 17.5 Å². The van der Waals surface area contributed by atoms with Gasteiger partial charge in [-0.25, -0.2) is 0 Å². The molecule has 0 saturated heterocycles. The molecule has 0 aliphatic heterocycles. The number of aliphatic hydroxyl groups is 1. The van der Waals surface area contributed by atoms with Crippen molar-refractivity contribution < 1.29 is 9.90 Å². The lowest BCUT2D eigenvalue weighted by molar-refractivity contribution is -0.129. The van der Waals surface area contributed by atoms with Crippen LogP contribution in [0.2, 0.25) is 0 Å². The SMILES string of the molecule is CSCC[C@@H](O)C(=O)NCc1c(C)ccc2ncccc12. The molecule has 2 rings (SSSR count). The third-order valence-corrected chi connectivity index (χ3v) is 4.11. The van der Waals surface area contributed by atoms with Crippen LogP contribution in [0.15, 0.2) is 30.5 Å². The van der Waals surface area contributed by atoms with Gasteiger partial charge in [-0.3, -0.25) is 9.78 Å². The third kappa shape index (κ3) is 3.95. The molecule has 0 spiro atoms. The summed E-state index contributed by atoms with van der Waals surface area (Å²) >= 11 is 1.62. The molecule has 21 heavy (non-hydrogen) atoms. The molecule has 1 aromatic carbocycles. The molecule has 2 N–H and O–H groups in total. The molecule has 1 atom stereocenters. The Bertz CT molecular complexity index is 631. The number of thioether (sulfide) groups is 1. The Morgan fingerprint density at radius 1 is 1.43 bits per heavy atom. The molecule has 0 unspecified atom stereocenters. The summed E-state index contributed by atoms with van der Waals surface area (Å²) in [6.45, 7) is 2.42. The highest BCUT2D eigenvalue weighted by Crippen LogP contribution is 2.20. The Morgan fingerprint density at radius 3 is 3.00 bits per heavy atom. The van der Waals surface area contributed by atoms with Gasteiger partial charge in [-0.05, 0) is 48.6 Å². The number of aromatic nitrogens is 1. The average Bonchev–Trinajstić information content (AvgIpc) is 2.51. The molecule has 112 valence electrons. The first-order valence-corrected chi connectivity index (χ1v) is 8.30. The van der Waals surface area contributed by atoms with Crippen LogP contribution in [-0.2, 0) is 11.3 Å². The summed E-state index contributed by atoms with van der Waals surface area (Å²) < 4.78 is 0. The zero-order valence-corrected chi connectivity index (χ0v) is 13.1. The van der Waals surface area contributed by atoms with Crippen molar-refractivity contribution in [1.29, 1.82) is 0 Å². The van der Waals surface area contributed by atoms with Crippen molar-refractivity contribution in [1.82, 2.24) is 10.3 Å². The van der Waals surface area contributed by atoms with Gasteiger partial charge < -0.3 is 10.4 Å². The van der Waals surface area contributed by atoms with Crippen molar-refractivity contribution in [2.75, 3.05) is 12.0 Å². The second-order valence-corrected chi connectivity index (χ2v) is 5.93. The van der Waals surface area contributed by atoms with Crippen LogP contribution in [-0.4, -0.2) is 34.1 Å². The van der Waals surface area contributed by atoms with Crippen LogP contribution in [0, 0.1) is 6.92 Å². The summed E-state index contributed by atoms with van der Waals surface area (Å²) in [5, 5.41) is 13.6. The molecule has 0 aliphatic rings. The van der Waals surface area contributed by atoms with Gasteiger partial charge in [0.15, 0.2) is 0 Å². The van der Waals surface area contributed by atoms with E-state index in [4.69, 9.17) is 0 Å². The third-order valence-electron chi connectivity index (χ3n) is 3.47. The Morgan fingerprint density at radius 2 is 2.24 bits per heavy atom. The Hall–Kier alpha value is -1.59. The smallest absolute Gasteiger partial charge is 0.249 e. The first kappa shape index (κ1) is 15.8. The number of carbonyl (C=O) groups is 1. The Balaban J connectivity index is 2.10. The van der Waals surface area contributed by atoms with Gasteiger partial charge in [0.05, 0.1) is 5.52 Å². The molecular formula is C16H20N2O2S. The number of fused-ring (bicyclic) bond motifs is 1. The monoisotopic (exact) mass is 304 g/mol. The van der Waals surface area contributed by atoms with E-state index in [-0.39, 0.29) is 5.91 Å². The van der Waals surface area contributed by atoms with E-state index in [0.717, 1.165) is 27.8 Å². The number of hydrogen-bond donors (Lipinski definition) is 2. The molecule has 1 aromatic heterocycles. The predicted octanol–water partition coefficient (Wildman–Crippen LogP) is 2.27. The summed E-state index contributed by atoms with van der Waals surface area (Å²) in [4.78, 5) is 16.2. The molecule has 2 aromatic rings. The maximum absolute atomic E-state index is 11.9. The van der Waals surface area contributed by atoms with Gasteiger partial charge in [-0.15, -0.1) is 0 Å². The van der Waals surface area contributed by atoms with E-state index < -0.39 is 6.10 Å². The lowest BCUT2D eigenvalue weighted by Crippen LogP contribution is -2.34. The molecule has 5 heteroatoms. The summed E-state index contributed by atoms with van der Waals surface area (Å²) in [5.74, 6) is 0.454. The number of nitrogens with one attached hydrogen (secondary N) is 1. The van der Waals surface area contributed by atoms with Crippen molar-refractivity contribution in [2.45, 2.75) is 26.0 Å². The van der Waals surface area contributed by atoms with Gasteiger partial charge in [-0.1, -0.05) is 12.1 Å². The van der Waals surface area contributed by atoms with E-state index in [1.54, 1.807) is 18.0 Å². The van der Waals surface area contributed by atoms with Crippen molar-refractivity contribution >= 4 is 28.6 Å². The van der Waals surface area contributed by atoms with Gasteiger partial charge in [0.2, 0.25) is 5.91 Å². The topological polar surface area (TPSA) is 62.2 Å². The Labute approximate surface area is 129 Å². The number of pyridine rings is 1. The number of benzene rings is 1. The second-order valence-electron chi connectivity index (χ2n) is 4.95. The van der Waals surface area contributed by atoms with E-state index in [1.807, 2.05) is 37.4 Å². The predicted molar refractivity (Wildman–Crippen MR) is 87.3 cm³/mol. The minimum absolute atomic E-state index is 0.315. The highest BCUT2D eigenvalue weighted by Gasteiger charge is 2.15. The largest absolute Gasteiger partial charge is 0.383 e. The second kappa shape index (κ2) is 7.43. The van der Waals surface area contributed by atoms with Gasteiger partial charge >= 0.3 is 0 Å². The number of aryl methyl sites for hydroxylation is 1. The quantitative estimate of drug-likeness (QED) is 0.859. The minimum Gasteiger partial charge on any atom is -0.383 e. The Kier molecular flexibility index (Phi) is 5.59. The molecule has 1 heterocycles. The van der Waals surface area contributed by atoms with E-state index >= 15 is 0 Å². The van der Waals surface area contributed by atoms with Crippen LogP contribution in [0.5, 0.6) is 0 Å². The van der Waals surface area contributed by atoms with Gasteiger partial charge in [0.25, 0.3) is 0 Å². The highest BCUT2D eigenvalue weighted by atomic mass is 32.2. The molecule has 1 amide bonds. The van der Waals surface area contributed by atoms with Crippen molar-refractivity contribution in [3.8, 4) is 0 Å². The molecule has 0 radical (unpaired) electrons. The zero-order valence-electron chi connectivity index (χ0n) is 12.3. The van der Waals surface area contributed by atoms with Gasteiger partial charge in [0.1, 0.15) is 6.10 Å². The van der Waals surface area contributed by atoms with Crippen LogP contribution in [0.3, 0.4) is 0 Å². The standard InChI is InChI=1S/C16H20N2O2S/c1-11-5-6-14-12(4-3-8-17-14)13(11)10-18-16(20)15(19)7-9-21-2/h3-6,8,15,19H,7,9-10H2,1-2H3,(H,18,20)/t15-/m1/s1. The minimum atomic E-state index is -0.939. The van der Waals surface area contributed by atoms with Crippen LogP contribution < -0.4 is 5.32 Å². The van der Waals surface area contributed by atoms with Gasteiger partial charge in [0, 0.05) is 18.1 Å². The summed E-state index contributed by atoms with van der Waals surface area (Å²) in [6, 6.07) is 7.87. The highest BCUT2D eigenvalue weighted by molar-refractivity contribution is 7.98. The lowest BCUT2D eigenvalue weighted by atomic mass is 10.0. The fourth-order valence-corrected chi connectivity index (χ4v) is 2.67. The number of carbonyl (C=O) groups excluding carboxylic acids is 1. The number of amides is 1. The fraction of sp³-hybridized carbons (Fsp3) is 0.375. The van der Waals surface area contributed by atoms with E-state index in [2.05, 4.69) is 10.3 Å². The van der Waals surface area contributed by atoms with Crippen molar-refractivity contribution in [3.63, 3.8) is 0 Å². The molecule has 0 saturated carbocycles. The maximum Gasteiger partial charge on any atom is 0.249 e. The summed E-state index contributed by atoms with van der Waals surface area (Å²) in [7, 11) is 0. The van der Waals surface area contributed by atoms with Crippen molar-refractivity contribution in [3.05, 3.63) is 41.6 Å². The van der Waals surface area contributed by atoms with E-state index in [1.165, 1.54) is 0 Å². The normalized spacial score (nSPS) is 12.3. The van der Waals surface area contributed by atoms with Crippen LogP contribution in [0.25, 0.3) is 10.9 Å². The summed E-state index contributed by atoms with van der Waals surface area (Å²) in [6.07, 6.45) is 3.25. The first-order chi connectivity index (χ1) is 10.1. The maximum atomic E-state index is 11.9. The molecule has 0 bridgehead atoms. The van der Waals surface area contributed by atoms with Crippen molar-refractivity contribution in [2.24, 2.45) is 0 Å². The van der Waals surface area contributed by atoms with E-state index in [9.17, 15) is 9.90 Å². The number of hydrogen-bond acceptors (Lipinski definition) is 4.